The van der Waals surface area contributed by atoms with Gasteiger partial charge in [-0.2, -0.15) is 5.10 Å². The Kier molecular flexibility index (Phi) is 4.34. The molecule has 1 aromatic rings. The van der Waals surface area contributed by atoms with E-state index in [-0.39, 0.29) is 5.91 Å². The highest BCUT2D eigenvalue weighted by atomic mass is 16.2. The van der Waals surface area contributed by atoms with Crippen LogP contribution in [-0.2, 0) is 4.79 Å². The van der Waals surface area contributed by atoms with Crippen LogP contribution < -0.4 is 4.90 Å². The number of hydrogen-bond acceptors (Lipinski definition) is 5. The Bertz CT molecular complexity index is 475. The molecule has 21 heavy (non-hydrogen) atoms. The average Bonchev–Trinajstić information content (AvgIpc) is 3.03. The fourth-order valence-electron chi connectivity index (χ4n) is 2.95. The highest BCUT2D eigenvalue weighted by molar-refractivity contribution is 5.78. The van der Waals surface area contributed by atoms with Crippen molar-refractivity contribution in [2.75, 3.05) is 50.7 Å². The molecule has 2 aliphatic rings. The van der Waals surface area contributed by atoms with Crippen LogP contribution in [0.3, 0.4) is 0 Å². The molecular formula is C15H23N5O. The van der Waals surface area contributed by atoms with E-state index in [0.29, 0.717) is 6.54 Å². The highest BCUT2D eigenvalue weighted by Crippen LogP contribution is 2.13. The predicted octanol–water partition coefficient (Wildman–Crippen LogP) is 0.529. The third-order valence-corrected chi connectivity index (χ3v) is 4.30. The zero-order valence-electron chi connectivity index (χ0n) is 12.7. The predicted molar refractivity (Wildman–Crippen MR) is 81.2 cm³/mol. The summed E-state index contributed by atoms with van der Waals surface area (Å²) in [6.45, 7) is 8.03. The number of carbonyl (C=O) groups excluding carboxylic acids is 1. The van der Waals surface area contributed by atoms with Crippen LogP contribution in [0.5, 0.6) is 0 Å². The Hall–Kier alpha value is -1.69. The number of piperazine rings is 1. The van der Waals surface area contributed by atoms with Crippen molar-refractivity contribution >= 4 is 11.7 Å². The summed E-state index contributed by atoms with van der Waals surface area (Å²) in [4.78, 5) is 18.6. The van der Waals surface area contributed by atoms with Gasteiger partial charge in [-0.3, -0.25) is 9.69 Å². The van der Waals surface area contributed by atoms with E-state index < -0.39 is 0 Å². The Morgan fingerprint density at radius 1 is 1.05 bits per heavy atom. The van der Waals surface area contributed by atoms with Crippen LogP contribution in [0.15, 0.2) is 12.1 Å². The molecule has 0 aromatic carbocycles. The minimum Gasteiger partial charge on any atom is -0.353 e. The quantitative estimate of drug-likeness (QED) is 0.812. The largest absolute Gasteiger partial charge is 0.353 e. The molecule has 2 saturated heterocycles. The van der Waals surface area contributed by atoms with Gasteiger partial charge in [0.2, 0.25) is 5.91 Å². The molecule has 6 nitrogen and oxygen atoms in total. The second-order valence-electron chi connectivity index (χ2n) is 5.88. The minimum absolute atomic E-state index is 0.288. The number of nitrogens with zero attached hydrogens (tertiary/aromatic N) is 5. The number of carbonyl (C=O) groups is 1. The molecule has 6 heteroatoms. The maximum absolute atomic E-state index is 12.2. The monoisotopic (exact) mass is 289 g/mol. The second kappa shape index (κ2) is 6.39. The lowest BCUT2D eigenvalue weighted by molar-refractivity contribution is -0.131. The summed E-state index contributed by atoms with van der Waals surface area (Å²) in [7, 11) is 0. The molecular weight excluding hydrogens is 266 g/mol. The zero-order chi connectivity index (χ0) is 14.7. The van der Waals surface area contributed by atoms with Gasteiger partial charge in [0, 0.05) is 39.3 Å². The third-order valence-electron chi connectivity index (χ3n) is 4.30. The van der Waals surface area contributed by atoms with Crippen LogP contribution in [0.4, 0.5) is 5.82 Å². The summed E-state index contributed by atoms with van der Waals surface area (Å²) < 4.78 is 0. The zero-order valence-corrected chi connectivity index (χ0v) is 12.7. The van der Waals surface area contributed by atoms with E-state index in [9.17, 15) is 4.79 Å². The van der Waals surface area contributed by atoms with Gasteiger partial charge >= 0.3 is 0 Å². The molecule has 114 valence electrons. The van der Waals surface area contributed by atoms with E-state index >= 15 is 0 Å². The maximum Gasteiger partial charge on any atom is 0.236 e. The van der Waals surface area contributed by atoms with E-state index in [1.807, 2.05) is 24.0 Å². The molecule has 0 spiro atoms. The summed E-state index contributed by atoms with van der Waals surface area (Å²) in [6.07, 6.45) is 2.32. The first-order valence-electron chi connectivity index (χ1n) is 7.78. The number of rotatable bonds is 3. The van der Waals surface area contributed by atoms with Crippen LogP contribution in [0.25, 0.3) is 0 Å². The topological polar surface area (TPSA) is 52.6 Å². The van der Waals surface area contributed by atoms with Crippen LogP contribution in [0, 0.1) is 6.92 Å². The van der Waals surface area contributed by atoms with E-state index in [4.69, 9.17) is 0 Å². The number of likely N-dealkylation sites (tertiary alicyclic amines) is 1. The van der Waals surface area contributed by atoms with Gasteiger partial charge in [0.05, 0.1) is 12.2 Å². The fourth-order valence-corrected chi connectivity index (χ4v) is 2.95. The molecule has 3 heterocycles. The minimum atomic E-state index is 0.288. The standard InChI is InChI=1S/C15H23N5O/c1-13-4-5-14(17-16-13)19-10-8-18(9-11-19)12-15(21)20-6-2-3-7-20/h4-5H,2-3,6-12H2,1H3. The van der Waals surface area contributed by atoms with Crippen LogP contribution in [0.2, 0.25) is 0 Å². The molecule has 0 bridgehead atoms. The van der Waals surface area contributed by atoms with E-state index in [1.54, 1.807) is 0 Å². The normalized spacial score (nSPS) is 20.0. The van der Waals surface area contributed by atoms with Gasteiger partial charge in [0.15, 0.2) is 5.82 Å². The number of hydrogen-bond donors (Lipinski definition) is 0. The SMILES string of the molecule is Cc1ccc(N2CCN(CC(=O)N3CCCC3)CC2)nn1. The van der Waals surface area contributed by atoms with Gasteiger partial charge in [-0.1, -0.05) is 0 Å². The summed E-state index contributed by atoms with van der Waals surface area (Å²) in [5.41, 5.74) is 0.939. The lowest BCUT2D eigenvalue weighted by atomic mass is 10.3. The molecule has 1 aromatic heterocycles. The molecule has 2 aliphatic heterocycles. The molecule has 1 amide bonds. The first-order valence-corrected chi connectivity index (χ1v) is 7.78. The molecule has 3 rings (SSSR count). The molecule has 0 radical (unpaired) electrons. The van der Waals surface area contributed by atoms with Gasteiger partial charge in [-0.05, 0) is 31.9 Å². The van der Waals surface area contributed by atoms with Crippen LogP contribution in [0.1, 0.15) is 18.5 Å². The molecule has 0 atom stereocenters. The van der Waals surface area contributed by atoms with Crippen molar-refractivity contribution < 1.29 is 4.79 Å². The van der Waals surface area contributed by atoms with Crippen LogP contribution in [-0.4, -0.2) is 71.7 Å². The molecule has 0 aliphatic carbocycles. The fraction of sp³-hybridized carbons (Fsp3) is 0.667. The average molecular weight is 289 g/mol. The summed E-state index contributed by atoms with van der Waals surface area (Å²) in [5, 5.41) is 8.34. The van der Waals surface area contributed by atoms with Gasteiger partial charge < -0.3 is 9.80 Å². The molecule has 0 unspecified atom stereocenters. The van der Waals surface area contributed by atoms with E-state index in [2.05, 4.69) is 20.0 Å². The van der Waals surface area contributed by atoms with Gasteiger partial charge in [0.25, 0.3) is 0 Å². The van der Waals surface area contributed by atoms with E-state index in [1.165, 1.54) is 0 Å². The first-order chi connectivity index (χ1) is 10.2. The van der Waals surface area contributed by atoms with E-state index in [0.717, 1.165) is 63.6 Å². The number of aryl methyl sites for hydroxylation is 1. The summed E-state index contributed by atoms with van der Waals surface area (Å²) in [5.74, 6) is 1.22. The molecule has 0 saturated carbocycles. The van der Waals surface area contributed by atoms with Crippen molar-refractivity contribution in [1.29, 1.82) is 0 Å². The van der Waals surface area contributed by atoms with Crippen molar-refractivity contribution in [2.24, 2.45) is 0 Å². The third kappa shape index (κ3) is 3.50. The van der Waals surface area contributed by atoms with Gasteiger partial charge in [0.1, 0.15) is 0 Å². The first kappa shape index (κ1) is 14.3. The van der Waals surface area contributed by atoms with Gasteiger partial charge in [-0.15, -0.1) is 5.10 Å². The smallest absolute Gasteiger partial charge is 0.236 e. The van der Waals surface area contributed by atoms with Crippen molar-refractivity contribution in [3.8, 4) is 0 Å². The Morgan fingerprint density at radius 3 is 2.38 bits per heavy atom. The highest BCUT2D eigenvalue weighted by Gasteiger charge is 2.23. The lowest BCUT2D eigenvalue weighted by Crippen LogP contribution is -2.50. The number of aromatic nitrogens is 2. The van der Waals surface area contributed by atoms with Crippen molar-refractivity contribution in [3.63, 3.8) is 0 Å². The van der Waals surface area contributed by atoms with Gasteiger partial charge in [-0.25, -0.2) is 0 Å². The molecule has 0 N–H and O–H groups in total. The lowest BCUT2D eigenvalue weighted by Gasteiger charge is -2.35. The maximum atomic E-state index is 12.2. The van der Waals surface area contributed by atoms with Crippen LogP contribution >= 0.6 is 0 Å². The Balaban J connectivity index is 1.48. The Morgan fingerprint density at radius 2 is 1.76 bits per heavy atom. The summed E-state index contributed by atoms with van der Waals surface area (Å²) >= 11 is 0. The molecule has 2 fully saturated rings. The number of amides is 1. The number of anilines is 1. The van der Waals surface area contributed by atoms with Crippen molar-refractivity contribution in [3.05, 3.63) is 17.8 Å². The summed E-state index contributed by atoms with van der Waals surface area (Å²) in [6, 6.07) is 4.01. The van der Waals surface area contributed by atoms with Crippen molar-refractivity contribution in [2.45, 2.75) is 19.8 Å². The van der Waals surface area contributed by atoms with Crippen molar-refractivity contribution in [1.82, 2.24) is 20.0 Å². The Labute approximate surface area is 125 Å². The second-order valence-corrected chi connectivity index (χ2v) is 5.88.